The van der Waals surface area contributed by atoms with Gasteiger partial charge in [0.15, 0.2) is 0 Å². The number of amides is 1. The van der Waals surface area contributed by atoms with Gasteiger partial charge in [-0.15, -0.1) is 0 Å². The minimum Gasteiger partial charge on any atom is -0.352 e. The third kappa shape index (κ3) is 4.33. The molecule has 1 amide bonds. The van der Waals surface area contributed by atoms with Crippen molar-refractivity contribution in [3.63, 3.8) is 0 Å². The molecule has 5 heteroatoms. The number of nitrogens with zero attached hydrogens (tertiary/aromatic N) is 2. The highest BCUT2D eigenvalue weighted by Crippen LogP contribution is 2.18. The Kier molecular flexibility index (Phi) is 5.74. The number of imidazole rings is 1. The van der Waals surface area contributed by atoms with Crippen LogP contribution < -0.4 is 5.32 Å². The Labute approximate surface area is 158 Å². The molecule has 3 rings (SSSR count). The minimum absolute atomic E-state index is 0.0860. The smallest absolute Gasteiger partial charge is 0.251 e. The summed E-state index contributed by atoms with van der Waals surface area (Å²) >= 11 is 5.85. The second-order valence-electron chi connectivity index (χ2n) is 6.43. The third-order valence-electron chi connectivity index (χ3n) is 4.13. The molecule has 1 aromatic heterocycles. The van der Waals surface area contributed by atoms with Gasteiger partial charge in [0.1, 0.15) is 5.82 Å². The van der Waals surface area contributed by atoms with E-state index in [2.05, 4.69) is 22.5 Å². The lowest BCUT2D eigenvalue weighted by Crippen LogP contribution is -2.25. The van der Waals surface area contributed by atoms with Crippen LogP contribution in [0.25, 0.3) is 11.0 Å². The van der Waals surface area contributed by atoms with Crippen molar-refractivity contribution in [3.05, 3.63) is 77.1 Å². The largest absolute Gasteiger partial charge is 0.352 e. The molecule has 0 aliphatic carbocycles. The zero-order valence-corrected chi connectivity index (χ0v) is 15.6. The molecular weight excluding hydrogens is 346 g/mol. The molecule has 1 N–H and O–H groups in total. The number of para-hydroxylation sites is 2. The number of hydrogen-bond acceptors (Lipinski definition) is 2. The molecule has 0 spiro atoms. The summed E-state index contributed by atoms with van der Waals surface area (Å²) < 4.78 is 2.21. The van der Waals surface area contributed by atoms with Crippen molar-refractivity contribution in [1.29, 1.82) is 0 Å². The topological polar surface area (TPSA) is 46.9 Å². The maximum atomic E-state index is 12.1. The average Bonchev–Trinajstić information content (AvgIpc) is 2.96. The minimum atomic E-state index is -0.0860. The van der Waals surface area contributed by atoms with Crippen LogP contribution in [0.2, 0.25) is 5.02 Å². The first-order valence-corrected chi connectivity index (χ1v) is 9.04. The van der Waals surface area contributed by atoms with E-state index in [9.17, 15) is 4.79 Å². The zero-order chi connectivity index (χ0) is 18.5. The van der Waals surface area contributed by atoms with Gasteiger partial charge in [0.05, 0.1) is 11.0 Å². The summed E-state index contributed by atoms with van der Waals surface area (Å²) in [5.41, 5.74) is 3.82. The highest BCUT2D eigenvalue weighted by molar-refractivity contribution is 6.30. The van der Waals surface area contributed by atoms with Gasteiger partial charge in [-0.2, -0.15) is 0 Å². The number of hydrogen-bond donors (Lipinski definition) is 1. The van der Waals surface area contributed by atoms with Gasteiger partial charge in [0.25, 0.3) is 5.91 Å². The van der Waals surface area contributed by atoms with E-state index in [1.807, 2.05) is 25.1 Å². The van der Waals surface area contributed by atoms with Crippen LogP contribution in [-0.4, -0.2) is 22.0 Å². The van der Waals surface area contributed by atoms with Crippen LogP contribution in [0.15, 0.2) is 60.7 Å². The van der Waals surface area contributed by atoms with E-state index in [1.165, 1.54) is 0 Å². The average molecular weight is 368 g/mol. The summed E-state index contributed by atoms with van der Waals surface area (Å²) in [6.07, 6.45) is 1.61. The molecule has 4 nitrogen and oxygen atoms in total. The van der Waals surface area contributed by atoms with E-state index in [-0.39, 0.29) is 5.91 Å². The number of benzene rings is 2. The second kappa shape index (κ2) is 8.19. The summed E-state index contributed by atoms with van der Waals surface area (Å²) in [6, 6.07) is 15.0. The van der Waals surface area contributed by atoms with Gasteiger partial charge in [-0.1, -0.05) is 35.9 Å². The molecule has 2 aromatic carbocycles. The summed E-state index contributed by atoms with van der Waals surface area (Å²) in [7, 11) is 0. The van der Waals surface area contributed by atoms with Crippen LogP contribution in [0.5, 0.6) is 0 Å². The zero-order valence-electron chi connectivity index (χ0n) is 14.8. The van der Waals surface area contributed by atoms with Crippen LogP contribution >= 0.6 is 11.6 Å². The van der Waals surface area contributed by atoms with E-state index in [0.717, 1.165) is 41.8 Å². The highest BCUT2D eigenvalue weighted by Gasteiger charge is 2.11. The van der Waals surface area contributed by atoms with Gasteiger partial charge >= 0.3 is 0 Å². The number of nitrogens with one attached hydrogen (secondary N) is 1. The first-order chi connectivity index (χ1) is 12.5. The van der Waals surface area contributed by atoms with E-state index in [0.29, 0.717) is 17.1 Å². The number of aromatic nitrogens is 2. The number of fused-ring (bicyclic) bond motifs is 1. The van der Waals surface area contributed by atoms with Crippen LogP contribution in [-0.2, 0) is 13.0 Å². The van der Waals surface area contributed by atoms with Gasteiger partial charge < -0.3 is 9.88 Å². The molecule has 0 saturated carbocycles. The Morgan fingerprint density at radius 3 is 2.65 bits per heavy atom. The maximum absolute atomic E-state index is 12.1. The lowest BCUT2D eigenvalue weighted by atomic mass is 10.2. The Hall–Kier alpha value is -2.59. The number of rotatable bonds is 7. The van der Waals surface area contributed by atoms with Crippen molar-refractivity contribution >= 4 is 28.5 Å². The third-order valence-corrected chi connectivity index (χ3v) is 4.38. The lowest BCUT2D eigenvalue weighted by molar-refractivity contribution is 0.0953. The number of allylic oxidation sites excluding steroid dienone is 1. The summed E-state index contributed by atoms with van der Waals surface area (Å²) in [5, 5.41) is 3.57. The lowest BCUT2D eigenvalue weighted by Gasteiger charge is -2.09. The summed E-state index contributed by atoms with van der Waals surface area (Å²) in [5.74, 6) is 0.937. The van der Waals surface area contributed by atoms with Crippen molar-refractivity contribution < 1.29 is 4.79 Å². The molecule has 0 radical (unpaired) electrons. The maximum Gasteiger partial charge on any atom is 0.251 e. The SMILES string of the molecule is C=C(C)Cn1c(CCCNC(=O)c2ccc(Cl)cc2)nc2ccccc21. The molecule has 3 aromatic rings. The number of carbonyl (C=O) groups excluding carboxylic acids is 1. The van der Waals surface area contributed by atoms with Crippen LogP contribution in [0.4, 0.5) is 0 Å². The molecule has 26 heavy (non-hydrogen) atoms. The molecule has 0 bridgehead atoms. The Morgan fingerprint density at radius 1 is 1.19 bits per heavy atom. The molecular formula is C21H22ClN3O. The molecule has 0 unspecified atom stereocenters. The highest BCUT2D eigenvalue weighted by atomic mass is 35.5. The van der Waals surface area contributed by atoms with Gasteiger partial charge in [-0.05, 0) is 49.7 Å². The van der Waals surface area contributed by atoms with Gasteiger partial charge in [0.2, 0.25) is 0 Å². The molecule has 134 valence electrons. The van der Waals surface area contributed by atoms with E-state index in [1.54, 1.807) is 24.3 Å². The molecule has 0 aliphatic rings. The first kappa shape index (κ1) is 18.2. The fourth-order valence-corrected chi connectivity index (χ4v) is 3.04. The predicted molar refractivity (Wildman–Crippen MR) is 107 cm³/mol. The van der Waals surface area contributed by atoms with Crippen LogP contribution in [0.1, 0.15) is 29.5 Å². The monoisotopic (exact) mass is 367 g/mol. The molecule has 1 heterocycles. The first-order valence-electron chi connectivity index (χ1n) is 8.67. The van der Waals surface area contributed by atoms with Crippen molar-refractivity contribution in [1.82, 2.24) is 14.9 Å². The molecule has 0 fully saturated rings. The standard InChI is InChI=1S/C21H22ClN3O/c1-15(2)14-25-19-7-4-3-6-18(19)24-20(25)8-5-13-23-21(26)16-9-11-17(22)12-10-16/h3-4,6-7,9-12H,1,5,8,13-14H2,2H3,(H,23,26). The predicted octanol–water partition coefficient (Wildman–Crippen LogP) is 4.63. The number of halogens is 1. The van der Waals surface area contributed by atoms with Crippen molar-refractivity contribution in [3.8, 4) is 0 Å². The number of carbonyl (C=O) groups is 1. The molecule has 0 atom stereocenters. The quantitative estimate of drug-likeness (QED) is 0.489. The van der Waals surface area contributed by atoms with Crippen LogP contribution in [0.3, 0.4) is 0 Å². The normalized spacial score (nSPS) is 10.8. The van der Waals surface area contributed by atoms with Crippen molar-refractivity contribution in [2.24, 2.45) is 0 Å². The van der Waals surface area contributed by atoms with E-state index < -0.39 is 0 Å². The molecule has 0 saturated heterocycles. The van der Waals surface area contributed by atoms with E-state index >= 15 is 0 Å². The van der Waals surface area contributed by atoms with Crippen LogP contribution in [0, 0.1) is 0 Å². The van der Waals surface area contributed by atoms with Crippen molar-refractivity contribution in [2.75, 3.05) is 6.54 Å². The summed E-state index contributed by atoms with van der Waals surface area (Å²) in [6.45, 7) is 7.39. The van der Waals surface area contributed by atoms with Gasteiger partial charge in [0, 0.05) is 30.1 Å². The summed E-state index contributed by atoms with van der Waals surface area (Å²) in [4.78, 5) is 16.9. The Morgan fingerprint density at radius 2 is 1.92 bits per heavy atom. The Balaban J connectivity index is 1.61. The van der Waals surface area contributed by atoms with Gasteiger partial charge in [-0.3, -0.25) is 4.79 Å². The van der Waals surface area contributed by atoms with E-state index in [4.69, 9.17) is 16.6 Å². The molecule has 0 aliphatic heterocycles. The fraction of sp³-hybridized carbons (Fsp3) is 0.238. The van der Waals surface area contributed by atoms with Gasteiger partial charge in [-0.25, -0.2) is 4.98 Å². The Bertz CT molecular complexity index is 928. The van der Waals surface area contributed by atoms with Crippen molar-refractivity contribution in [2.45, 2.75) is 26.3 Å². The fourth-order valence-electron chi connectivity index (χ4n) is 2.91. The number of aryl methyl sites for hydroxylation is 1. The second-order valence-corrected chi connectivity index (χ2v) is 6.86.